The van der Waals surface area contributed by atoms with E-state index in [0.29, 0.717) is 9.54 Å². The van der Waals surface area contributed by atoms with E-state index in [1.54, 1.807) is 33.4 Å². The molecular formula is C29H36SiZr. The van der Waals surface area contributed by atoms with E-state index in [0.717, 1.165) is 0 Å². The minimum absolute atomic E-state index is 0.376. The van der Waals surface area contributed by atoms with Crippen LogP contribution in [0.5, 0.6) is 0 Å². The van der Waals surface area contributed by atoms with Crippen molar-refractivity contribution in [1.82, 2.24) is 0 Å². The van der Waals surface area contributed by atoms with Crippen LogP contribution < -0.4 is 0 Å². The van der Waals surface area contributed by atoms with Crippen LogP contribution in [-0.2, 0) is 20.4 Å². The Morgan fingerprint density at radius 1 is 0.806 bits per heavy atom. The Bertz CT molecular complexity index is 1200. The van der Waals surface area contributed by atoms with Gasteiger partial charge in [-0.25, -0.2) is 0 Å². The van der Waals surface area contributed by atoms with Gasteiger partial charge in [0.15, 0.2) is 0 Å². The molecule has 0 radical (unpaired) electrons. The van der Waals surface area contributed by atoms with Crippen molar-refractivity contribution in [3.63, 3.8) is 0 Å². The molecule has 0 spiro atoms. The third-order valence-corrected chi connectivity index (χ3v) is 26.7. The zero-order valence-corrected chi connectivity index (χ0v) is 24.2. The van der Waals surface area contributed by atoms with Crippen molar-refractivity contribution >= 4 is 11.0 Å². The molecule has 0 aromatic heterocycles. The summed E-state index contributed by atoms with van der Waals surface area (Å²) in [6.45, 7) is 22.0. The number of hydrogen-bond donors (Lipinski definition) is 0. The van der Waals surface area contributed by atoms with Crippen molar-refractivity contribution in [2.45, 2.75) is 65.2 Å². The standard InChI is InChI=1S/C18H17.C9H13.C2H6Si.Zr/c1-12-9-13(2)18-16(10-12)11-14(3)17(18)15-7-5-4-6-8-15;1-6-5-7(2)9(4)8(6)3;1-3-2;/h4-11H,1-3H3;6H,1-4H3;1-2H3;. The van der Waals surface area contributed by atoms with Gasteiger partial charge in [0.25, 0.3) is 0 Å². The molecule has 2 aliphatic rings. The van der Waals surface area contributed by atoms with E-state index in [9.17, 15) is 0 Å². The molecule has 2 heteroatoms. The van der Waals surface area contributed by atoms with Gasteiger partial charge in [0.1, 0.15) is 0 Å². The van der Waals surface area contributed by atoms with Crippen molar-refractivity contribution in [1.29, 1.82) is 0 Å². The van der Waals surface area contributed by atoms with E-state index in [-0.39, 0.29) is 5.43 Å². The summed E-state index contributed by atoms with van der Waals surface area (Å²) in [5, 5.41) is 0. The fourth-order valence-corrected chi connectivity index (χ4v) is 26.6. The molecule has 160 valence electrons. The molecule has 2 unspecified atom stereocenters. The average Bonchev–Trinajstić information content (AvgIpc) is 3.11. The molecule has 0 amide bonds. The molecule has 31 heavy (non-hydrogen) atoms. The Hall–Kier alpha value is -1.24. The van der Waals surface area contributed by atoms with E-state index in [4.69, 9.17) is 0 Å². The van der Waals surface area contributed by atoms with Crippen molar-refractivity contribution in [3.8, 4) is 0 Å². The number of aryl methyl sites for hydroxylation is 2. The summed E-state index contributed by atoms with van der Waals surface area (Å²) in [6, 6.07) is 16.1. The summed E-state index contributed by atoms with van der Waals surface area (Å²) in [7, 11) is 0. The first-order valence-electron chi connectivity index (χ1n) is 11.6. The van der Waals surface area contributed by atoms with Crippen LogP contribution in [0.25, 0.3) is 5.57 Å². The molecule has 0 saturated heterocycles. The summed E-state index contributed by atoms with van der Waals surface area (Å²) in [4.78, 5) is 0. The Labute approximate surface area is 197 Å². The zero-order valence-electron chi connectivity index (χ0n) is 20.7. The number of hydrogen-bond acceptors (Lipinski definition) is 0. The second-order valence-electron chi connectivity index (χ2n) is 9.89. The normalized spacial score (nSPS) is 20.7. The predicted octanol–water partition coefficient (Wildman–Crippen LogP) is 8.31. The molecule has 0 saturated carbocycles. The third-order valence-electron chi connectivity index (χ3n) is 7.72. The topological polar surface area (TPSA) is 0 Å². The van der Waals surface area contributed by atoms with Crippen molar-refractivity contribution in [2.75, 3.05) is 0 Å². The summed E-state index contributed by atoms with van der Waals surface area (Å²) < 4.78 is 2.60. The van der Waals surface area contributed by atoms with Crippen LogP contribution in [0, 0.1) is 19.8 Å². The first-order chi connectivity index (χ1) is 14.6. The zero-order chi connectivity index (χ0) is 22.6. The Kier molecular flexibility index (Phi) is 6.36. The molecule has 0 nitrogen and oxygen atoms in total. The summed E-state index contributed by atoms with van der Waals surface area (Å²) in [6.07, 6.45) is 0. The van der Waals surface area contributed by atoms with Crippen molar-refractivity contribution in [2.24, 2.45) is 5.92 Å². The molecule has 0 fully saturated rings. The van der Waals surface area contributed by atoms with Gasteiger partial charge < -0.3 is 0 Å². The van der Waals surface area contributed by atoms with Crippen LogP contribution in [0.3, 0.4) is 0 Å². The minimum atomic E-state index is -1.99. The molecule has 2 atom stereocenters. The average molecular weight is 504 g/mol. The van der Waals surface area contributed by atoms with Gasteiger partial charge in [-0.2, -0.15) is 0 Å². The molecule has 0 heterocycles. The first-order valence-corrected chi connectivity index (χ1v) is 20.4. The van der Waals surface area contributed by atoms with Gasteiger partial charge in [0, 0.05) is 0 Å². The van der Waals surface area contributed by atoms with Crippen LogP contribution in [0.4, 0.5) is 0 Å². The van der Waals surface area contributed by atoms with Crippen LogP contribution in [-0.4, -0.2) is 5.43 Å². The maximum absolute atomic E-state index is 2.62. The van der Waals surface area contributed by atoms with Gasteiger partial charge in [0.05, 0.1) is 0 Å². The SMILES string of the molecule is CC1=C(C)C(C)[C]([Zr]([CH]2C(C)=C(c3ccccc3)c3c(C)cc(C)cc32)=[Si](C)C)=C1C. The maximum atomic E-state index is 2.62. The molecular weight excluding hydrogens is 468 g/mol. The van der Waals surface area contributed by atoms with Gasteiger partial charge in [-0.05, 0) is 0 Å². The van der Waals surface area contributed by atoms with Gasteiger partial charge in [-0.15, -0.1) is 0 Å². The van der Waals surface area contributed by atoms with E-state index in [1.165, 1.54) is 22.3 Å². The monoisotopic (exact) mass is 502 g/mol. The quantitative estimate of drug-likeness (QED) is 0.369. The molecule has 0 aliphatic heterocycles. The fraction of sp³-hybridized carbons (Fsp3) is 0.379. The van der Waals surface area contributed by atoms with Gasteiger partial charge in [-0.3, -0.25) is 0 Å². The summed E-state index contributed by atoms with van der Waals surface area (Å²) in [5.41, 5.74) is 15.1. The number of rotatable bonds is 3. The second-order valence-corrected chi connectivity index (χ2v) is 27.2. The van der Waals surface area contributed by atoms with E-state index in [2.05, 4.69) is 104 Å². The van der Waals surface area contributed by atoms with E-state index >= 15 is 0 Å². The summed E-state index contributed by atoms with van der Waals surface area (Å²) >= 11 is -1.99. The fourth-order valence-electron chi connectivity index (χ4n) is 6.01. The number of benzene rings is 2. The molecule has 0 bridgehead atoms. The van der Waals surface area contributed by atoms with Crippen LogP contribution >= 0.6 is 0 Å². The predicted molar refractivity (Wildman–Crippen MR) is 135 cm³/mol. The number of fused-ring (bicyclic) bond motifs is 1. The van der Waals surface area contributed by atoms with Crippen molar-refractivity contribution in [3.05, 3.63) is 95.9 Å². The van der Waals surface area contributed by atoms with Crippen LogP contribution in [0.2, 0.25) is 13.1 Å². The van der Waals surface area contributed by atoms with E-state index < -0.39 is 20.4 Å². The van der Waals surface area contributed by atoms with E-state index in [1.807, 2.05) is 3.28 Å². The van der Waals surface area contributed by atoms with Gasteiger partial charge >= 0.3 is 198 Å². The molecule has 2 aromatic carbocycles. The molecule has 0 N–H and O–H groups in total. The van der Waals surface area contributed by atoms with Gasteiger partial charge in [-0.1, -0.05) is 0 Å². The Morgan fingerprint density at radius 2 is 1.45 bits per heavy atom. The Balaban J connectivity index is 2.03. The second kappa shape index (κ2) is 8.60. The molecule has 2 aromatic rings. The summed E-state index contributed by atoms with van der Waals surface area (Å²) in [5.74, 6) is 0.650. The first kappa shape index (κ1) is 22.9. The molecule has 4 rings (SSSR count). The molecule has 2 aliphatic carbocycles. The van der Waals surface area contributed by atoms with Crippen molar-refractivity contribution < 1.29 is 20.4 Å². The third kappa shape index (κ3) is 3.68. The Morgan fingerprint density at radius 3 is 2.00 bits per heavy atom. The number of allylic oxidation sites excluding steroid dienone is 5. The van der Waals surface area contributed by atoms with Gasteiger partial charge in [0.2, 0.25) is 0 Å². The van der Waals surface area contributed by atoms with Crippen LogP contribution in [0.15, 0.2) is 68.0 Å². The van der Waals surface area contributed by atoms with Crippen LogP contribution in [0.1, 0.15) is 66.1 Å².